The zero-order valence-corrected chi connectivity index (χ0v) is 15.0. The van der Waals surface area contributed by atoms with Gasteiger partial charge in [-0.2, -0.15) is 0 Å². The lowest BCUT2D eigenvalue weighted by Gasteiger charge is -2.11. The molecule has 0 aliphatic carbocycles. The van der Waals surface area contributed by atoms with E-state index in [1.165, 1.54) is 0 Å². The Kier molecular flexibility index (Phi) is 4.97. The van der Waals surface area contributed by atoms with Crippen LogP contribution in [0.1, 0.15) is 41.6 Å². The number of para-hydroxylation sites is 1. The summed E-state index contributed by atoms with van der Waals surface area (Å²) in [5, 5.41) is 3.43. The Labute approximate surface area is 151 Å². The number of carbonyl (C=O) groups is 1. The maximum Gasteiger partial charge on any atom is 0.271 e. The Morgan fingerprint density at radius 1 is 1.15 bits per heavy atom. The summed E-state index contributed by atoms with van der Waals surface area (Å²) in [5.41, 5.74) is 8.27. The summed E-state index contributed by atoms with van der Waals surface area (Å²) in [6.45, 7) is 4.45. The quantitative estimate of drug-likeness (QED) is 0.732. The molecular formula is C19H21N5O2. The van der Waals surface area contributed by atoms with E-state index in [9.17, 15) is 4.79 Å². The summed E-state index contributed by atoms with van der Waals surface area (Å²) in [4.78, 5) is 25.5. The van der Waals surface area contributed by atoms with Crippen LogP contribution in [0.25, 0.3) is 10.9 Å². The van der Waals surface area contributed by atoms with Crippen LogP contribution in [0.2, 0.25) is 0 Å². The number of ether oxygens (including phenoxy) is 1. The van der Waals surface area contributed by atoms with E-state index < -0.39 is 0 Å². The van der Waals surface area contributed by atoms with E-state index in [1.807, 2.05) is 18.2 Å². The number of hydrogen-bond acceptors (Lipinski definition) is 6. The van der Waals surface area contributed by atoms with Crippen molar-refractivity contribution in [3.05, 3.63) is 53.5 Å². The number of benzene rings is 1. The maximum absolute atomic E-state index is 12.7. The van der Waals surface area contributed by atoms with E-state index >= 15 is 0 Å². The topological polar surface area (TPSA) is 103 Å². The molecule has 3 N–H and O–H groups in total. The molecule has 0 aliphatic heterocycles. The van der Waals surface area contributed by atoms with E-state index in [1.54, 1.807) is 25.3 Å². The van der Waals surface area contributed by atoms with E-state index in [2.05, 4.69) is 34.1 Å². The van der Waals surface area contributed by atoms with Gasteiger partial charge in [0.25, 0.3) is 5.91 Å². The van der Waals surface area contributed by atoms with Gasteiger partial charge in [0.15, 0.2) is 0 Å². The van der Waals surface area contributed by atoms with Crippen molar-refractivity contribution in [3.8, 4) is 5.75 Å². The molecule has 0 fully saturated rings. The first-order valence-corrected chi connectivity index (χ1v) is 8.34. The highest BCUT2D eigenvalue weighted by Crippen LogP contribution is 2.26. The fourth-order valence-corrected chi connectivity index (χ4v) is 2.65. The van der Waals surface area contributed by atoms with Crippen molar-refractivity contribution in [2.45, 2.75) is 26.3 Å². The lowest BCUT2D eigenvalue weighted by atomic mass is 10.1. The molecule has 0 atom stereocenters. The van der Waals surface area contributed by atoms with Gasteiger partial charge in [-0.3, -0.25) is 9.78 Å². The maximum atomic E-state index is 12.7. The predicted molar refractivity (Wildman–Crippen MR) is 100.0 cm³/mol. The van der Waals surface area contributed by atoms with Gasteiger partial charge in [0, 0.05) is 11.1 Å². The largest absolute Gasteiger partial charge is 0.494 e. The van der Waals surface area contributed by atoms with Crippen LogP contribution >= 0.6 is 0 Å². The summed E-state index contributed by atoms with van der Waals surface area (Å²) < 4.78 is 5.29. The molecule has 0 bridgehead atoms. The average molecular weight is 351 g/mol. The minimum absolute atomic E-state index is 0.0204. The lowest BCUT2D eigenvalue weighted by molar-refractivity contribution is 0.0947. The highest BCUT2D eigenvalue weighted by Gasteiger charge is 2.16. The number of methoxy groups -OCH3 is 1. The van der Waals surface area contributed by atoms with Crippen molar-refractivity contribution in [1.82, 2.24) is 20.3 Å². The molecule has 7 heteroatoms. The number of fused-ring (bicyclic) bond motifs is 1. The van der Waals surface area contributed by atoms with Gasteiger partial charge < -0.3 is 15.8 Å². The highest BCUT2D eigenvalue weighted by atomic mass is 16.5. The van der Waals surface area contributed by atoms with Crippen LogP contribution in [0.5, 0.6) is 5.75 Å². The number of hydrogen-bond donors (Lipinski definition) is 2. The molecule has 0 spiro atoms. The van der Waals surface area contributed by atoms with Gasteiger partial charge in [-0.05, 0) is 24.1 Å². The van der Waals surface area contributed by atoms with Gasteiger partial charge in [0.2, 0.25) is 5.95 Å². The monoisotopic (exact) mass is 351 g/mol. The van der Waals surface area contributed by atoms with Crippen LogP contribution in [0, 0.1) is 0 Å². The minimum Gasteiger partial charge on any atom is -0.494 e. The summed E-state index contributed by atoms with van der Waals surface area (Å²) >= 11 is 0. The van der Waals surface area contributed by atoms with Crippen LogP contribution in [-0.4, -0.2) is 28.0 Å². The Hall–Kier alpha value is -3.22. The first-order valence-electron chi connectivity index (χ1n) is 8.34. The molecular weight excluding hydrogens is 330 g/mol. The third-order valence-electron chi connectivity index (χ3n) is 3.99. The van der Waals surface area contributed by atoms with Crippen LogP contribution in [0.4, 0.5) is 5.95 Å². The Morgan fingerprint density at radius 2 is 1.92 bits per heavy atom. The molecule has 3 aromatic rings. The first kappa shape index (κ1) is 17.6. The van der Waals surface area contributed by atoms with Crippen molar-refractivity contribution in [2.75, 3.05) is 12.8 Å². The second-order valence-electron chi connectivity index (χ2n) is 6.18. The molecule has 0 radical (unpaired) electrons. The Bertz CT molecular complexity index is 956. The third kappa shape index (κ3) is 3.56. The molecule has 7 nitrogen and oxygen atoms in total. The van der Waals surface area contributed by atoms with E-state index in [0.717, 1.165) is 11.4 Å². The highest BCUT2D eigenvalue weighted by molar-refractivity contribution is 6.05. The average Bonchev–Trinajstić information content (AvgIpc) is 2.65. The van der Waals surface area contributed by atoms with Crippen LogP contribution in [0.15, 0.2) is 36.4 Å². The molecule has 2 heterocycles. The van der Waals surface area contributed by atoms with Gasteiger partial charge >= 0.3 is 0 Å². The number of anilines is 1. The minimum atomic E-state index is -0.339. The van der Waals surface area contributed by atoms with Crippen molar-refractivity contribution in [2.24, 2.45) is 0 Å². The molecule has 0 aliphatic rings. The van der Waals surface area contributed by atoms with Crippen molar-refractivity contribution >= 4 is 22.8 Å². The fraction of sp³-hybridized carbons (Fsp3) is 0.263. The number of carbonyl (C=O) groups excluding carboxylic acids is 1. The predicted octanol–water partition coefficient (Wildman–Crippen LogP) is 2.67. The van der Waals surface area contributed by atoms with Crippen LogP contribution in [-0.2, 0) is 6.54 Å². The van der Waals surface area contributed by atoms with E-state index in [4.69, 9.17) is 10.5 Å². The molecule has 0 saturated heterocycles. The number of amides is 1. The van der Waals surface area contributed by atoms with Gasteiger partial charge in [-0.25, -0.2) is 9.97 Å². The van der Waals surface area contributed by atoms with E-state index in [-0.39, 0.29) is 17.5 Å². The molecule has 2 aromatic heterocycles. The number of nitrogens with zero attached hydrogens (tertiary/aromatic N) is 3. The third-order valence-corrected chi connectivity index (χ3v) is 3.99. The molecule has 134 valence electrons. The van der Waals surface area contributed by atoms with Gasteiger partial charge in [-0.15, -0.1) is 0 Å². The first-order chi connectivity index (χ1) is 12.5. The number of nitrogen functional groups attached to an aromatic ring is 1. The second-order valence-corrected chi connectivity index (χ2v) is 6.18. The van der Waals surface area contributed by atoms with Gasteiger partial charge in [-0.1, -0.05) is 32.0 Å². The Balaban J connectivity index is 1.87. The lowest BCUT2D eigenvalue weighted by Crippen LogP contribution is -2.25. The van der Waals surface area contributed by atoms with Crippen molar-refractivity contribution in [1.29, 1.82) is 0 Å². The van der Waals surface area contributed by atoms with Crippen molar-refractivity contribution < 1.29 is 9.53 Å². The number of nitrogens with two attached hydrogens (primary N) is 1. The number of rotatable bonds is 5. The summed E-state index contributed by atoms with van der Waals surface area (Å²) in [7, 11) is 1.54. The Morgan fingerprint density at radius 3 is 2.65 bits per heavy atom. The van der Waals surface area contributed by atoms with Crippen molar-refractivity contribution in [3.63, 3.8) is 0 Å². The summed E-state index contributed by atoms with van der Waals surface area (Å²) in [6, 6.07) is 11.1. The molecule has 1 amide bonds. The normalized spacial score (nSPS) is 10.9. The van der Waals surface area contributed by atoms with E-state index in [0.29, 0.717) is 29.1 Å². The van der Waals surface area contributed by atoms with Crippen LogP contribution in [0.3, 0.4) is 0 Å². The smallest absolute Gasteiger partial charge is 0.271 e. The van der Waals surface area contributed by atoms with Crippen LogP contribution < -0.4 is 15.8 Å². The number of nitrogens with one attached hydrogen (secondary N) is 1. The zero-order valence-electron chi connectivity index (χ0n) is 15.0. The SMILES string of the molecule is COc1cccc2c(C(=O)NCc3cccc(C(C)C)n3)nc(N)nc12. The zero-order chi connectivity index (χ0) is 18.7. The fourth-order valence-electron chi connectivity index (χ4n) is 2.65. The van der Waals surface area contributed by atoms with Gasteiger partial charge in [0.1, 0.15) is 17.0 Å². The molecule has 1 aromatic carbocycles. The molecule has 26 heavy (non-hydrogen) atoms. The molecule has 3 rings (SSSR count). The number of aromatic nitrogens is 3. The summed E-state index contributed by atoms with van der Waals surface area (Å²) in [6.07, 6.45) is 0. The van der Waals surface area contributed by atoms with Gasteiger partial charge in [0.05, 0.1) is 19.3 Å². The number of pyridine rings is 1. The standard InChI is InChI=1S/C19H21N5O2/c1-11(2)14-8-4-6-12(22-14)10-21-18(25)17-13-7-5-9-15(26-3)16(13)23-19(20)24-17/h4-9,11H,10H2,1-3H3,(H,21,25)(H2,20,23,24). The molecule has 0 saturated carbocycles. The second kappa shape index (κ2) is 7.35. The molecule has 0 unspecified atom stereocenters. The summed E-state index contributed by atoms with van der Waals surface area (Å²) in [5.74, 6) is 0.543.